The van der Waals surface area contributed by atoms with E-state index in [2.05, 4.69) is 5.32 Å². The molecule has 1 saturated heterocycles. The van der Waals surface area contributed by atoms with Crippen LogP contribution in [0.2, 0.25) is 0 Å². The van der Waals surface area contributed by atoms with Crippen LogP contribution in [0.1, 0.15) is 63.7 Å². The zero-order valence-corrected chi connectivity index (χ0v) is 14.4. The lowest BCUT2D eigenvalue weighted by Gasteiger charge is -2.31. The first kappa shape index (κ1) is 18.5. The smallest absolute Gasteiger partial charge is 0.223 e. The maximum Gasteiger partial charge on any atom is 0.223 e. The van der Waals surface area contributed by atoms with Crippen LogP contribution in [0.15, 0.2) is 22.8 Å². The van der Waals surface area contributed by atoms with Crippen molar-refractivity contribution in [3.05, 3.63) is 24.2 Å². The molecule has 24 heavy (non-hydrogen) atoms. The fourth-order valence-corrected chi connectivity index (χ4v) is 3.26. The second-order valence-electron chi connectivity index (χ2n) is 6.31. The van der Waals surface area contributed by atoms with Gasteiger partial charge in [0.15, 0.2) is 0 Å². The Hall–Kier alpha value is -1.82. The lowest BCUT2D eigenvalue weighted by atomic mass is 10.0. The Morgan fingerprint density at radius 3 is 2.92 bits per heavy atom. The number of rotatable bonds is 7. The number of aliphatic hydroxyl groups is 1. The number of furan rings is 1. The number of likely N-dealkylation sites (tertiary alicyclic amines) is 1. The lowest BCUT2D eigenvalue weighted by Crippen LogP contribution is -2.41. The summed E-state index contributed by atoms with van der Waals surface area (Å²) in [5.74, 6) is 0.446. The Balaban J connectivity index is 1.95. The highest BCUT2D eigenvalue weighted by Crippen LogP contribution is 2.27. The molecule has 1 aliphatic rings. The van der Waals surface area contributed by atoms with Crippen LogP contribution >= 0.6 is 0 Å². The molecule has 2 atom stereocenters. The third kappa shape index (κ3) is 5.37. The molecule has 0 bridgehead atoms. The average molecular weight is 336 g/mol. The van der Waals surface area contributed by atoms with Gasteiger partial charge in [0.25, 0.3) is 0 Å². The molecule has 2 amide bonds. The van der Waals surface area contributed by atoms with Crippen molar-refractivity contribution in [3.8, 4) is 0 Å². The van der Waals surface area contributed by atoms with E-state index in [0.717, 1.165) is 25.7 Å². The Morgan fingerprint density at radius 2 is 2.21 bits per heavy atom. The molecular formula is C18H28N2O4. The molecule has 134 valence electrons. The third-order valence-corrected chi connectivity index (χ3v) is 4.50. The van der Waals surface area contributed by atoms with Crippen molar-refractivity contribution in [3.63, 3.8) is 0 Å². The highest BCUT2D eigenvalue weighted by molar-refractivity contribution is 5.83. The number of hydrogen-bond donors (Lipinski definition) is 2. The molecule has 6 heteroatoms. The number of nitrogens with one attached hydrogen (secondary N) is 1. The van der Waals surface area contributed by atoms with Gasteiger partial charge in [-0.25, -0.2) is 0 Å². The number of carbonyl (C=O) groups is 2. The summed E-state index contributed by atoms with van der Waals surface area (Å²) in [6.45, 7) is 3.14. The van der Waals surface area contributed by atoms with Gasteiger partial charge in [0.1, 0.15) is 11.9 Å². The summed E-state index contributed by atoms with van der Waals surface area (Å²) >= 11 is 0. The third-order valence-electron chi connectivity index (χ3n) is 4.50. The fraction of sp³-hybridized carbons (Fsp3) is 0.667. The molecule has 2 N–H and O–H groups in total. The predicted molar refractivity (Wildman–Crippen MR) is 90.2 cm³/mol. The van der Waals surface area contributed by atoms with Gasteiger partial charge in [0.2, 0.25) is 11.8 Å². The summed E-state index contributed by atoms with van der Waals surface area (Å²) in [4.78, 5) is 26.0. The summed E-state index contributed by atoms with van der Waals surface area (Å²) in [6, 6.07) is 3.50. The first-order chi connectivity index (χ1) is 11.6. The number of hydrogen-bond acceptors (Lipinski definition) is 4. The van der Waals surface area contributed by atoms with Gasteiger partial charge in [-0.05, 0) is 31.9 Å². The van der Waals surface area contributed by atoms with Gasteiger partial charge < -0.3 is 19.7 Å². The van der Waals surface area contributed by atoms with Crippen LogP contribution in [-0.2, 0) is 9.59 Å². The topological polar surface area (TPSA) is 82.8 Å². The van der Waals surface area contributed by atoms with Crippen molar-refractivity contribution in [2.75, 3.05) is 13.1 Å². The summed E-state index contributed by atoms with van der Waals surface area (Å²) in [5.41, 5.74) is 0. The van der Waals surface area contributed by atoms with Gasteiger partial charge >= 0.3 is 0 Å². The van der Waals surface area contributed by atoms with E-state index in [0.29, 0.717) is 25.3 Å². The molecule has 6 nitrogen and oxygen atoms in total. The van der Waals surface area contributed by atoms with Crippen LogP contribution in [0.5, 0.6) is 0 Å². The first-order valence-corrected chi connectivity index (χ1v) is 8.89. The van der Waals surface area contributed by atoms with E-state index in [1.54, 1.807) is 18.4 Å². The minimum absolute atomic E-state index is 0.000187. The molecule has 2 unspecified atom stereocenters. The molecule has 0 aromatic carbocycles. The molecule has 1 aromatic heterocycles. The summed E-state index contributed by atoms with van der Waals surface area (Å²) < 4.78 is 5.26. The van der Waals surface area contributed by atoms with E-state index in [9.17, 15) is 14.7 Å². The van der Waals surface area contributed by atoms with Crippen molar-refractivity contribution in [1.82, 2.24) is 10.2 Å². The zero-order chi connectivity index (χ0) is 17.4. The van der Waals surface area contributed by atoms with Gasteiger partial charge in [-0.3, -0.25) is 9.59 Å². The Labute approximate surface area is 143 Å². The number of amides is 2. The minimum Gasteiger partial charge on any atom is -0.467 e. The highest BCUT2D eigenvalue weighted by atomic mass is 16.4. The lowest BCUT2D eigenvalue weighted by molar-refractivity contribution is -0.136. The monoisotopic (exact) mass is 336 g/mol. The number of aliphatic hydroxyl groups excluding tert-OH is 1. The van der Waals surface area contributed by atoms with Crippen molar-refractivity contribution in [1.29, 1.82) is 0 Å². The van der Waals surface area contributed by atoms with Crippen LogP contribution in [-0.4, -0.2) is 41.0 Å². The summed E-state index contributed by atoms with van der Waals surface area (Å²) in [7, 11) is 0. The van der Waals surface area contributed by atoms with E-state index in [1.165, 1.54) is 0 Å². The van der Waals surface area contributed by atoms with Crippen LogP contribution < -0.4 is 5.32 Å². The van der Waals surface area contributed by atoms with Crippen LogP contribution in [0.25, 0.3) is 0 Å². The second kappa shape index (κ2) is 9.47. The Kier molecular flexibility index (Phi) is 7.31. The fourth-order valence-electron chi connectivity index (χ4n) is 3.26. The average Bonchev–Trinajstić information content (AvgIpc) is 3.01. The SMILES string of the molecule is CCNC(=O)CCC(=O)N1CCCCCC1CC(O)c1ccco1. The molecule has 1 fully saturated rings. The second-order valence-corrected chi connectivity index (χ2v) is 6.31. The molecule has 1 aromatic rings. The molecular weight excluding hydrogens is 308 g/mol. The van der Waals surface area contributed by atoms with Crippen molar-refractivity contribution < 1.29 is 19.1 Å². The quantitative estimate of drug-likeness (QED) is 0.801. The van der Waals surface area contributed by atoms with Crippen LogP contribution in [0.3, 0.4) is 0 Å². The highest BCUT2D eigenvalue weighted by Gasteiger charge is 2.28. The Bertz CT molecular complexity index is 515. The Morgan fingerprint density at radius 1 is 1.38 bits per heavy atom. The molecule has 2 heterocycles. The van der Waals surface area contributed by atoms with Crippen molar-refractivity contribution in [2.24, 2.45) is 0 Å². The van der Waals surface area contributed by atoms with Gasteiger partial charge in [-0.15, -0.1) is 0 Å². The van der Waals surface area contributed by atoms with E-state index in [4.69, 9.17) is 4.42 Å². The maximum atomic E-state index is 12.6. The van der Waals surface area contributed by atoms with Gasteiger partial charge in [0, 0.05) is 38.4 Å². The number of carbonyl (C=O) groups excluding carboxylic acids is 2. The van der Waals surface area contributed by atoms with E-state index < -0.39 is 6.10 Å². The van der Waals surface area contributed by atoms with Crippen molar-refractivity contribution >= 4 is 11.8 Å². The molecule has 1 aliphatic heterocycles. The minimum atomic E-state index is -0.707. The molecule has 2 rings (SSSR count). The molecule has 0 aliphatic carbocycles. The predicted octanol–water partition coefficient (Wildman–Crippen LogP) is 2.39. The summed E-state index contributed by atoms with van der Waals surface area (Å²) in [5, 5.41) is 13.1. The van der Waals surface area contributed by atoms with Crippen molar-refractivity contribution in [2.45, 2.75) is 64.0 Å². The van der Waals surface area contributed by atoms with E-state index in [-0.39, 0.29) is 30.7 Å². The molecule has 0 spiro atoms. The summed E-state index contributed by atoms with van der Waals surface area (Å²) in [6.07, 6.45) is 5.74. The molecule has 0 saturated carbocycles. The van der Waals surface area contributed by atoms with Crippen LogP contribution in [0.4, 0.5) is 0 Å². The normalized spacial score (nSPS) is 19.6. The zero-order valence-electron chi connectivity index (χ0n) is 14.4. The maximum absolute atomic E-state index is 12.6. The number of nitrogens with zero attached hydrogens (tertiary/aromatic N) is 1. The van der Waals surface area contributed by atoms with E-state index in [1.807, 2.05) is 11.8 Å². The first-order valence-electron chi connectivity index (χ1n) is 8.89. The van der Waals surface area contributed by atoms with Gasteiger partial charge in [-0.2, -0.15) is 0 Å². The van der Waals surface area contributed by atoms with E-state index >= 15 is 0 Å². The standard InChI is InChI=1S/C18H28N2O4/c1-2-19-17(22)9-10-18(23)20-11-5-3-4-7-14(20)13-15(21)16-8-6-12-24-16/h6,8,12,14-15,21H,2-5,7,9-11,13H2,1H3,(H,19,22). The van der Waals surface area contributed by atoms with Gasteiger partial charge in [0.05, 0.1) is 6.26 Å². The largest absolute Gasteiger partial charge is 0.467 e. The van der Waals surface area contributed by atoms with Gasteiger partial charge in [-0.1, -0.05) is 12.8 Å². The van der Waals surface area contributed by atoms with Crippen LogP contribution in [0, 0.1) is 0 Å². The molecule has 0 radical (unpaired) electrons.